The SMILES string of the molecule is CCCCCCCCCCCCOc1cc(C=O)c(-c2cc(OCCCCCCCCCCCC)c(OCCCCCCCCCCCC)cc2C=O)cc1OCCCCCCCCCCCC. The highest BCUT2D eigenvalue weighted by Gasteiger charge is 2.20. The van der Waals surface area contributed by atoms with Crippen molar-refractivity contribution in [3.63, 3.8) is 0 Å². The Balaban J connectivity index is 2.22. The average Bonchev–Trinajstić information content (AvgIpc) is 3.35. The second-order valence-electron chi connectivity index (χ2n) is 20.1. The van der Waals surface area contributed by atoms with Gasteiger partial charge in [0.15, 0.2) is 35.6 Å². The predicted octanol–water partition coefficient (Wildman–Crippen LogP) is 20.2. The maximum atomic E-state index is 12.9. The second-order valence-corrected chi connectivity index (χ2v) is 20.1. The van der Waals surface area contributed by atoms with Crippen LogP contribution in [0, 0.1) is 0 Å². The number of carbonyl (C=O) groups is 2. The topological polar surface area (TPSA) is 71.1 Å². The highest BCUT2D eigenvalue weighted by Crippen LogP contribution is 2.41. The van der Waals surface area contributed by atoms with E-state index < -0.39 is 0 Å². The van der Waals surface area contributed by atoms with Crippen molar-refractivity contribution in [1.82, 2.24) is 0 Å². The van der Waals surface area contributed by atoms with Gasteiger partial charge in [-0.25, -0.2) is 0 Å². The number of ether oxygens (including phenoxy) is 4. The van der Waals surface area contributed by atoms with Crippen molar-refractivity contribution in [1.29, 1.82) is 0 Å². The van der Waals surface area contributed by atoms with Gasteiger partial charge in [-0.15, -0.1) is 0 Å². The van der Waals surface area contributed by atoms with Gasteiger partial charge < -0.3 is 18.9 Å². The van der Waals surface area contributed by atoms with E-state index in [0.717, 1.165) is 63.9 Å². The van der Waals surface area contributed by atoms with E-state index in [9.17, 15) is 9.59 Å². The normalized spacial score (nSPS) is 11.3. The summed E-state index contributed by atoms with van der Waals surface area (Å²) in [4.78, 5) is 25.8. The van der Waals surface area contributed by atoms with Gasteiger partial charge in [0.2, 0.25) is 0 Å². The Morgan fingerprint density at radius 2 is 0.441 bits per heavy atom. The maximum Gasteiger partial charge on any atom is 0.161 e. The lowest BCUT2D eigenvalue weighted by atomic mass is 9.95. The lowest BCUT2D eigenvalue weighted by molar-refractivity contribution is 0.111. The Labute approximate surface area is 420 Å². The predicted molar refractivity (Wildman–Crippen MR) is 292 cm³/mol. The summed E-state index contributed by atoms with van der Waals surface area (Å²) < 4.78 is 25.9. The van der Waals surface area contributed by atoms with Crippen molar-refractivity contribution in [2.45, 2.75) is 285 Å². The van der Waals surface area contributed by atoms with Gasteiger partial charge in [-0.05, 0) is 61.1 Å². The van der Waals surface area contributed by atoms with Crippen LogP contribution in [0.1, 0.15) is 305 Å². The fourth-order valence-electron chi connectivity index (χ4n) is 9.35. The molecule has 390 valence electrons. The summed E-state index contributed by atoms with van der Waals surface area (Å²) in [5.74, 6) is 2.44. The van der Waals surface area contributed by atoms with Crippen LogP contribution in [-0.2, 0) is 0 Å². The van der Waals surface area contributed by atoms with Crippen LogP contribution in [0.4, 0.5) is 0 Å². The lowest BCUT2D eigenvalue weighted by Gasteiger charge is -2.19. The number of unbranched alkanes of at least 4 members (excludes halogenated alkanes) is 36. The Morgan fingerprint density at radius 3 is 0.632 bits per heavy atom. The first-order valence-corrected chi connectivity index (χ1v) is 29.4. The smallest absolute Gasteiger partial charge is 0.161 e. The number of carbonyl (C=O) groups excluding carboxylic acids is 2. The fourth-order valence-corrected chi connectivity index (χ4v) is 9.35. The Kier molecular flexibility index (Phi) is 40.6. The van der Waals surface area contributed by atoms with E-state index in [4.69, 9.17) is 18.9 Å². The van der Waals surface area contributed by atoms with Crippen molar-refractivity contribution < 1.29 is 28.5 Å². The monoisotopic (exact) mass is 947 g/mol. The van der Waals surface area contributed by atoms with Crippen LogP contribution in [0.5, 0.6) is 23.0 Å². The first-order valence-electron chi connectivity index (χ1n) is 29.4. The standard InChI is InChI=1S/C62H106O6/c1-5-9-13-17-21-25-29-33-37-41-45-65-59-49-55(53-63)57(51-61(59)67-47-43-39-35-31-27-23-19-15-11-7-3)58-52-62(68-48-44-40-36-32-28-24-20-16-12-8-4)60(50-56(58)54-64)66-46-42-38-34-30-26-22-18-14-10-6-2/h49-54H,5-48H2,1-4H3. The zero-order chi connectivity index (χ0) is 48.8. The average molecular weight is 948 g/mol. The summed E-state index contributed by atoms with van der Waals surface area (Å²) in [6.07, 6.45) is 52.1. The maximum absolute atomic E-state index is 12.9. The van der Waals surface area contributed by atoms with E-state index in [2.05, 4.69) is 27.7 Å². The number of aldehydes is 2. The molecule has 0 spiro atoms. The zero-order valence-electron chi connectivity index (χ0n) is 45.0. The summed E-state index contributed by atoms with van der Waals surface area (Å²) in [6, 6.07) is 7.49. The van der Waals surface area contributed by atoms with Crippen molar-refractivity contribution >= 4 is 12.6 Å². The molecule has 0 radical (unpaired) electrons. The quantitative estimate of drug-likeness (QED) is 0.0486. The van der Waals surface area contributed by atoms with Crippen LogP contribution in [0.2, 0.25) is 0 Å². The molecule has 0 saturated carbocycles. The highest BCUT2D eigenvalue weighted by atomic mass is 16.5. The number of rotatable bonds is 51. The van der Waals surface area contributed by atoms with Crippen molar-refractivity contribution in [3.05, 3.63) is 35.4 Å². The van der Waals surface area contributed by atoms with Crippen LogP contribution in [0.3, 0.4) is 0 Å². The molecule has 0 aromatic heterocycles. The van der Waals surface area contributed by atoms with Gasteiger partial charge >= 0.3 is 0 Å². The molecule has 2 aromatic carbocycles. The van der Waals surface area contributed by atoms with Crippen molar-refractivity contribution in [2.24, 2.45) is 0 Å². The van der Waals surface area contributed by atoms with E-state index in [-0.39, 0.29) is 0 Å². The molecular weight excluding hydrogens is 841 g/mol. The largest absolute Gasteiger partial charge is 0.490 e. The molecule has 2 rings (SSSR count). The van der Waals surface area contributed by atoms with Crippen LogP contribution >= 0.6 is 0 Å². The second kappa shape index (κ2) is 45.1. The third-order valence-corrected chi connectivity index (χ3v) is 13.8. The molecule has 0 saturated heterocycles. The van der Waals surface area contributed by atoms with Gasteiger partial charge in [-0.3, -0.25) is 9.59 Å². The molecule has 6 nitrogen and oxygen atoms in total. The zero-order valence-corrected chi connectivity index (χ0v) is 45.0. The van der Waals surface area contributed by atoms with E-state index in [0.29, 0.717) is 71.7 Å². The summed E-state index contributed by atoms with van der Waals surface area (Å²) in [7, 11) is 0. The molecule has 0 aliphatic carbocycles. The summed E-state index contributed by atoms with van der Waals surface area (Å²) in [6.45, 7) is 11.4. The fraction of sp³-hybridized carbons (Fsp3) is 0.774. The van der Waals surface area contributed by atoms with Gasteiger partial charge in [0, 0.05) is 11.1 Å². The number of benzene rings is 2. The van der Waals surface area contributed by atoms with Crippen molar-refractivity contribution in [2.75, 3.05) is 26.4 Å². The first kappa shape index (κ1) is 61.1. The van der Waals surface area contributed by atoms with Crippen molar-refractivity contribution in [3.8, 4) is 34.1 Å². The molecule has 0 aliphatic rings. The number of hydrogen-bond donors (Lipinski definition) is 0. The van der Waals surface area contributed by atoms with Crippen LogP contribution < -0.4 is 18.9 Å². The Morgan fingerprint density at radius 1 is 0.265 bits per heavy atom. The third-order valence-electron chi connectivity index (χ3n) is 13.8. The molecule has 0 amide bonds. The van der Waals surface area contributed by atoms with E-state index >= 15 is 0 Å². The molecule has 0 heterocycles. The Hall–Kier alpha value is -3.02. The molecule has 0 atom stereocenters. The third kappa shape index (κ3) is 30.6. The molecule has 0 fully saturated rings. The number of hydrogen-bond acceptors (Lipinski definition) is 6. The molecule has 2 aromatic rings. The molecule has 0 bridgehead atoms. The molecular formula is C62H106O6. The highest BCUT2D eigenvalue weighted by molar-refractivity contribution is 5.96. The van der Waals surface area contributed by atoms with E-state index in [1.165, 1.54) is 205 Å². The minimum Gasteiger partial charge on any atom is -0.490 e. The minimum atomic E-state index is 0.470. The van der Waals surface area contributed by atoms with E-state index in [1.807, 2.05) is 24.3 Å². The van der Waals surface area contributed by atoms with Crippen LogP contribution in [0.25, 0.3) is 11.1 Å². The van der Waals surface area contributed by atoms with Gasteiger partial charge in [-0.1, -0.05) is 259 Å². The van der Waals surface area contributed by atoms with Crippen LogP contribution in [0.15, 0.2) is 24.3 Å². The minimum absolute atomic E-state index is 0.470. The molecule has 6 heteroatoms. The summed E-state index contributed by atoms with van der Waals surface area (Å²) in [5.41, 5.74) is 2.24. The summed E-state index contributed by atoms with van der Waals surface area (Å²) >= 11 is 0. The molecule has 68 heavy (non-hydrogen) atoms. The molecule has 0 aliphatic heterocycles. The lowest BCUT2D eigenvalue weighted by Crippen LogP contribution is -2.06. The van der Waals surface area contributed by atoms with Gasteiger partial charge in [0.1, 0.15) is 0 Å². The van der Waals surface area contributed by atoms with E-state index in [1.54, 1.807) is 0 Å². The van der Waals surface area contributed by atoms with Gasteiger partial charge in [0.25, 0.3) is 0 Å². The van der Waals surface area contributed by atoms with Crippen LogP contribution in [-0.4, -0.2) is 39.0 Å². The Bertz CT molecular complexity index is 1360. The van der Waals surface area contributed by atoms with Gasteiger partial charge in [0.05, 0.1) is 26.4 Å². The molecule has 0 N–H and O–H groups in total. The molecule has 0 unspecified atom stereocenters. The first-order chi connectivity index (χ1) is 33.6. The van der Waals surface area contributed by atoms with Gasteiger partial charge in [-0.2, -0.15) is 0 Å². The summed E-state index contributed by atoms with van der Waals surface area (Å²) in [5, 5.41) is 0.